The molecular weight excluding hydrogens is 447 g/mol. The quantitative estimate of drug-likeness (QED) is 0.356. The summed E-state index contributed by atoms with van der Waals surface area (Å²) < 4.78 is 0. The molecule has 2 rings (SSSR count). The number of hydrogen-bond donors (Lipinski definition) is 2. The molecule has 1 heterocycles. The zero-order chi connectivity index (χ0) is 17.2. The van der Waals surface area contributed by atoms with Crippen LogP contribution in [0.15, 0.2) is 29.3 Å². The van der Waals surface area contributed by atoms with E-state index in [-0.39, 0.29) is 24.0 Å². The van der Waals surface area contributed by atoms with Crippen LogP contribution in [0.5, 0.6) is 0 Å². The van der Waals surface area contributed by atoms with E-state index in [1.165, 1.54) is 44.5 Å². The van der Waals surface area contributed by atoms with Gasteiger partial charge in [0.05, 0.1) is 0 Å². The predicted octanol–water partition coefficient (Wildman–Crippen LogP) is 3.79. The van der Waals surface area contributed by atoms with Crippen molar-refractivity contribution in [2.75, 3.05) is 39.8 Å². The van der Waals surface area contributed by atoms with Crippen LogP contribution in [0.3, 0.4) is 0 Å². The first-order valence-electron chi connectivity index (χ1n) is 9.12. The zero-order valence-electron chi connectivity index (χ0n) is 15.4. The Hall–Kier alpha value is -0.530. The van der Waals surface area contributed by atoms with Crippen molar-refractivity contribution < 1.29 is 0 Å². The number of halogens is 2. The second-order valence-electron chi connectivity index (χ2n) is 6.54. The summed E-state index contributed by atoms with van der Waals surface area (Å²) >= 11 is 5.91. The molecule has 25 heavy (non-hydrogen) atoms. The minimum Gasteiger partial charge on any atom is -0.356 e. The highest BCUT2D eigenvalue weighted by molar-refractivity contribution is 14.0. The van der Waals surface area contributed by atoms with Gasteiger partial charge < -0.3 is 15.5 Å². The van der Waals surface area contributed by atoms with Crippen molar-refractivity contribution in [1.29, 1.82) is 0 Å². The fourth-order valence-electron chi connectivity index (χ4n) is 3.17. The van der Waals surface area contributed by atoms with Crippen LogP contribution in [0.1, 0.15) is 31.7 Å². The maximum absolute atomic E-state index is 5.91. The Morgan fingerprint density at radius 1 is 1.20 bits per heavy atom. The Morgan fingerprint density at radius 2 is 1.88 bits per heavy atom. The normalized spacial score (nSPS) is 16.4. The van der Waals surface area contributed by atoms with Crippen molar-refractivity contribution in [1.82, 2.24) is 15.5 Å². The van der Waals surface area contributed by atoms with E-state index in [4.69, 9.17) is 11.6 Å². The molecule has 6 heteroatoms. The van der Waals surface area contributed by atoms with E-state index in [0.29, 0.717) is 0 Å². The van der Waals surface area contributed by atoms with Crippen molar-refractivity contribution in [2.45, 2.75) is 32.6 Å². The van der Waals surface area contributed by atoms with Gasteiger partial charge in [-0.25, -0.2) is 0 Å². The van der Waals surface area contributed by atoms with Crippen molar-refractivity contribution in [3.63, 3.8) is 0 Å². The third kappa shape index (κ3) is 8.60. The van der Waals surface area contributed by atoms with Crippen molar-refractivity contribution in [3.8, 4) is 0 Å². The smallest absolute Gasteiger partial charge is 0.190 e. The average molecular weight is 479 g/mol. The maximum atomic E-state index is 5.91. The van der Waals surface area contributed by atoms with E-state index < -0.39 is 0 Å². The SMILES string of the molecule is CCCN1CCC(CNC(=NC)NCCc2ccc(Cl)cc2)CC1.I. The molecule has 1 aromatic carbocycles. The molecular formula is C19H32ClIN4. The summed E-state index contributed by atoms with van der Waals surface area (Å²) in [6.07, 6.45) is 4.80. The highest BCUT2D eigenvalue weighted by Gasteiger charge is 2.18. The lowest BCUT2D eigenvalue weighted by Crippen LogP contribution is -2.43. The predicted molar refractivity (Wildman–Crippen MR) is 119 cm³/mol. The first kappa shape index (κ1) is 22.5. The molecule has 142 valence electrons. The second-order valence-corrected chi connectivity index (χ2v) is 6.98. The lowest BCUT2D eigenvalue weighted by Gasteiger charge is -2.32. The fraction of sp³-hybridized carbons (Fsp3) is 0.632. The fourth-order valence-corrected chi connectivity index (χ4v) is 3.29. The largest absolute Gasteiger partial charge is 0.356 e. The number of aliphatic imine (C=N–C) groups is 1. The molecule has 0 aromatic heterocycles. The summed E-state index contributed by atoms with van der Waals surface area (Å²) in [6.45, 7) is 7.86. The number of rotatable bonds is 7. The lowest BCUT2D eigenvalue weighted by molar-refractivity contribution is 0.185. The van der Waals surface area contributed by atoms with Crippen LogP contribution < -0.4 is 10.6 Å². The van der Waals surface area contributed by atoms with Crippen LogP contribution in [0.25, 0.3) is 0 Å². The van der Waals surface area contributed by atoms with Crippen molar-refractivity contribution in [3.05, 3.63) is 34.9 Å². The Balaban J connectivity index is 0.00000312. The Labute approximate surface area is 174 Å². The van der Waals surface area contributed by atoms with Gasteiger partial charge in [0.2, 0.25) is 0 Å². The lowest BCUT2D eigenvalue weighted by atomic mass is 9.97. The Morgan fingerprint density at radius 3 is 2.48 bits per heavy atom. The monoisotopic (exact) mass is 478 g/mol. The van der Waals surface area contributed by atoms with E-state index >= 15 is 0 Å². The molecule has 0 spiro atoms. The molecule has 0 atom stereocenters. The number of nitrogens with zero attached hydrogens (tertiary/aromatic N) is 2. The molecule has 0 amide bonds. The van der Waals surface area contributed by atoms with Crippen LogP contribution in [0.4, 0.5) is 0 Å². The van der Waals surface area contributed by atoms with E-state index in [0.717, 1.165) is 36.4 Å². The van der Waals surface area contributed by atoms with Gasteiger partial charge >= 0.3 is 0 Å². The summed E-state index contributed by atoms with van der Waals surface area (Å²) in [5.41, 5.74) is 1.28. The van der Waals surface area contributed by atoms with Gasteiger partial charge in [-0.1, -0.05) is 30.7 Å². The number of benzene rings is 1. The minimum absolute atomic E-state index is 0. The van der Waals surface area contributed by atoms with Gasteiger partial charge in [0.25, 0.3) is 0 Å². The Bertz CT molecular complexity index is 499. The average Bonchev–Trinajstić information content (AvgIpc) is 2.61. The molecule has 2 N–H and O–H groups in total. The first-order valence-corrected chi connectivity index (χ1v) is 9.50. The molecule has 0 aliphatic carbocycles. The number of hydrogen-bond acceptors (Lipinski definition) is 2. The topological polar surface area (TPSA) is 39.7 Å². The van der Waals surface area contributed by atoms with Gasteiger partial charge in [-0.2, -0.15) is 0 Å². The minimum atomic E-state index is 0. The summed E-state index contributed by atoms with van der Waals surface area (Å²) in [4.78, 5) is 6.90. The third-order valence-corrected chi connectivity index (χ3v) is 4.90. The first-order chi connectivity index (χ1) is 11.7. The number of likely N-dealkylation sites (tertiary alicyclic amines) is 1. The Kier molecular flexibility index (Phi) is 11.5. The summed E-state index contributed by atoms with van der Waals surface area (Å²) in [5.74, 6) is 1.66. The number of piperidine rings is 1. The summed E-state index contributed by atoms with van der Waals surface area (Å²) in [5, 5.41) is 7.66. The molecule has 0 radical (unpaired) electrons. The molecule has 1 fully saturated rings. The zero-order valence-corrected chi connectivity index (χ0v) is 18.5. The highest BCUT2D eigenvalue weighted by atomic mass is 127. The van der Waals surface area contributed by atoms with E-state index in [1.807, 2.05) is 19.2 Å². The van der Waals surface area contributed by atoms with Crippen LogP contribution >= 0.6 is 35.6 Å². The van der Waals surface area contributed by atoms with Crippen LogP contribution in [0.2, 0.25) is 5.02 Å². The van der Waals surface area contributed by atoms with Crippen molar-refractivity contribution >= 4 is 41.5 Å². The van der Waals surface area contributed by atoms with Gasteiger partial charge in [0.15, 0.2) is 5.96 Å². The highest BCUT2D eigenvalue weighted by Crippen LogP contribution is 2.16. The van der Waals surface area contributed by atoms with Gasteiger partial charge in [-0.05, 0) is 68.9 Å². The molecule has 1 aliphatic heterocycles. The van der Waals surface area contributed by atoms with E-state index in [9.17, 15) is 0 Å². The van der Waals surface area contributed by atoms with Crippen molar-refractivity contribution in [2.24, 2.45) is 10.9 Å². The number of nitrogens with one attached hydrogen (secondary N) is 2. The third-order valence-electron chi connectivity index (χ3n) is 4.65. The van der Waals surface area contributed by atoms with Gasteiger partial charge in [-0.3, -0.25) is 4.99 Å². The number of guanidine groups is 1. The van der Waals surface area contributed by atoms with E-state index in [2.05, 4.69) is 39.6 Å². The van der Waals surface area contributed by atoms with Crippen LogP contribution in [-0.4, -0.2) is 50.6 Å². The standard InChI is InChI=1S/C19H31ClN4.HI/c1-3-12-24-13-9-17(10-14-24)15-23-19(21-2)22-11-8-16-4-6-18(20)7-5-16;/h4-7,17H,3,8-15H2,1-2H3,(H2,21,22,23);1H. The van der Waals surface area contributed by atoms with Crippen LogP contribution in [-0.2, 0) is 6.42 Å². The van der Waals surface area contributed by atoms with Gasteiger partial charge in [0.1, 0.15) is 0 Å². The molecule has 0 bridgehead atoms. The van der Waals surface area contributed by atoms with Gasteiger partial charge in [-0.15, -0.1) is 24.0 Å². The summed E-state index contributed by atoms with van der Waals surface area (Å²) in [6, 6.07) is 8.03. The molecule has 1 aliphatic rings. The van der Waals surface area contributed by atoms with E-state index in [1.54, 1.807) is 0 Å². The molecule has 4 nitrogen and oxygen atoms in total. The second kappa shape index (κ2) is 12.8. The van der Waals surface area contributed by atoms with Gasteiger partial charge in [0, 0.05) is 25.2 Å². The molecule has 0 saturated carbocycles. The molecule has 1 aromatic rings. The van der Waals surface area contributed by atoms with Crippen LogP contribution in [0, 0.1) is 5.92 Å². The molecule has 1 saturated heterocycles. The summed E-state index contributed by atoms with van der Waals surface area (Å²) in [7, 11) is 1.83. The maximum Gasteiger partial charge on any atom is 0.190 e. The molecule has 0 unspecified atom stereocenters.